The molecule has 1 saturated heterocycles. The summed E-state index contributed by atoms with van der Waals surface area (Å²) in [5.74, 6) is 0.199. The predicted octanol–water partition coefficient (Wildman–Crippen LogP) is 4.32. The Morgan fingerprint density at radius 3 is 2.06 bits per heavy atom. The van der Waals surface area contributed by atoms with Gasteiger partial charge in [-0.15, -0.1) is 0 Å². The third-order valence-corrected chi connectivity index (χ3v) is 6.29. The van der Waals surface area contributed by atoms with E-state index in [0.717, 1.165) is 36.3 Å². The number of para-hydroxylation sites is 1. The lowest BCUT2D eigenvalue weighted by molar-refractivity contribution is -0.133. The van der Waals surface area contributed by atoms with Crippen molar-refractivity contribution >= 4 is 17.5 Å². The molecule has 0 bridgehead atoms. The fraction of sp³-hybridized carbons (Fsp3) is 0.481. The average Bonchev–Trinajstić information content (AvgIpc) is 2.75. The molecule has 1 aliphatic rings. The number of piperazine rings is 1. The molecule has 5 heteroatoms. The highest BCUT2D eigenvalue weighted by Crippen LogP contribution is 2.23. The molecular weight excluding hydrogens is 398 g/mol. The number of aryl methyl sites for hydroxylation is 3. The third kappa shape index (κ3) is 6.42. The van der Waals surface area contributed by atoms with Gasteiger partial charge in [0.2, 0.25) is 11.8 Å². The van der Waals surface area contributed by atoms with Crippen molar-refractivity contribution in [1.29, 1.82) is 0 Å². The second-order valence-electron chi connectivity index (χ2n) is 9.92. The summed E-state index contributed by atoms with van der Waals surface area (Å²) in [5.41, 5.74) is 5.70. The molecule has 0 aromatic heterocycles. The van der Waals surface area contributed by atoms with Gasteiger partial charge in [-0.25, -0.2) is 0 Å². The van der Waals surface area contributed by atoms with Crippen LogP contribution in [0.1, 0.15) is 49.4 Å². The molecular formula is C27H37N3O2. The van der Waals surface area contributed by atoms with Gasteiger partial charge in [-0.3, -0.25) is 14.5 Å². The summed E-state index contributed by atoms with van der Waals surface area (Å²) >= 11 is 0. The highest BCUT2D eigenvalue weighted by Gasteiger charge is 2.22. The van der Waals surface area contributed by atoms with Crippen LogP contribution in [0.25, 0.3) is 0 Å². The Morgan fingerprint density at radius 2 is 1.50 bits per heavy atom. The molecule has 0 radical (unpaired) electrons. The Bertz CT molecular complexity index is 916. The molecule has 172 valence electrons. The van der Waals surface area contributed by atoms with E-state index in [1.807, 2.05) is 36.9 Å². The van der Waals surface area contributed by atoms with Gasteiger partial charge in [-0.05, 0) is 47.9 Å². The molecule has 5 nitrogen and oxygen atoms in total. The minimum Gasteiger partial charge on any atom is -0.340 e. The van der Waals surface area contributed by atoms with E-state index in [2.05, 4.69) is 55.3 Å². The van der Waals surface area contributed by atoms with Crippen molar-refractivity contribution in [3.8, 4) is 0 Å². The molecule has 32 heavy (non-hydrogen) atoms. The molecule has 2 amide bonds. The number of amides is 2. The van der Waals surface area contributed by atoms with E-state index in [9.17, 15) is 9.59 Å². The summed E-state index contributed by atoms with van der Waals surface area (Å²) in [6.07, 6.45) is 1.30. The van der Waals surface area contributed by atoms with Crippen molar-refractivity contribution in [1.82, 2.24) is 9.80 Å². The quantitative estimate of drug-likeness (QED) is 0.735. The fourth-order valence-corrected chi connectivity index (χ4v) is 4.13. The minimum absolute atomic E-state index is 0.000815. The number of rotatable bonds is 6. The molecule has 2 aromatic carbocycles. The maximum atomic E-state index is 12.7. The van der Waals surface area contributed by atoms with E-state index in [4.69, 9.17) is 0 Å². The summed E-state index contributed by atoms with van der Waals surface area (Å²) in [5, 5.41) is 3.05. The second kappa shape index (κ2) is 10.3. The largest absolute Gasteiger partial charge is 0.340 e. The van der Waals surface area contributed by atoms with Gasteiger partial charge in [0.15, 0.2) is 0 Å². The van der Waals surface area contributed by atoms with Gasteiger partial charge in [0.1, 0.15) is 0 Å². The molecule has 3 rings (SSSR count). The van der Waals surface area contributed by atoms with Crippen LogP contribution >= 0.6 is 0 Å². The average molecular weight is 436 g/mol. The first-order valence-electron chi connectivity index (χ1n) is 11.6. The Kier molecular flexibility index (Phi) is 7.73. The summed E-state index contributed by atoms with van der Waals surface area (Å²) in [7, 11) is 0. The van der Waals surface area contributed by atoms with Crippen LogP contribution in [-0.2, 0) is 21.4 Å². The Morgan fingerprint density at radius 1 is 0.906 bits per heavy atom. The third-order valence-electron chi connectivity index (χ3n) is 6.29. The topological polar surface area (TPSA) is 52.7 Å². The van der Waals surface area contributed by atoms with E-state index >= 15 is 0 Å². The number of carbonyl (C=O) groups is 2. The van der Waals surface area contributed by atoms with Crippen molar-refractivity contribution in [2.75, 3.05) is 38.0 Å². The predicted molar refractivity (Wildman–Crippen MR) is 131 cm³/mol. The van der Waals surface area contributed by atoms with Gasteiger partial charge in [0.25, 0.3) is 0 Å². The first kappa shape index (κ1) is 24.0. The Balaban J connectivity index is 1.42. The van der Waals surface area contributed by atoms with Crippen LogP contribution in [-0.4, -0.2) is 54.3 Å². The van der Waals surface area contributed by atoms with Crippen LogP contribution < -0.4 is 5.32 Å². The standard InChI is InChI=1S/C27H37N3O2/c1-20-7-6-8-21(2)26(20)28-24(31)19-29-15-17-30(18-16-29)25(32)14-11-22-9-12-23(13-10-22)27(3,4)5/h6-10,12-13H,11,14-19H2,1-5H3,(H,28,31). The van der Waals surface area contributed by atoms with Crippen LogP contribution in [0.5, 0.6) is 0 Å². The van der Waals surface area contributed by atoms with Crippen LogP contribution in [0.4, 0.5) is 5.69 Å². The number of hydrogen-bond donors (Lipinski definition) is 1. The monoisotopic (exact) mass is 435 g/mol. The van der Waals surface area contributed by atoms with Crippen LogP contribution in [0.2, 0.25) is 0 Å². The first-order chi connectivity index (χ1) is 15.1. The van der Waals surface area contributed by atoms with Gasteiger partial charge >= 0.3 is 0 Å². The maximum absolute atomic E-state index is 12.7. The zero-order valence-corrected chi connectivity index (χ0v) is 20.2. The minimum atomic E-state index is 0.000815. The second-order valence-corrected chi connectivity index (χ2v) is 9.92. The van der Waals surface area contributed by atoms with Gasteiger partial charge in [-0.2, -0.15) is 0 Å². The van der Waals surface area contributed by atoms with Crippen molar-refractivity contribution < 1.29 is 9.59 Å². The molecule has 0 saturated carbocycles. The van der Waals surface area contributed by atoms with E-state index < -0.39 is 0 Å². The Labute approximate surface area is 192 Å². The summed E-state index contributed by atoms with van der Waals surface area (Å²) < 4.78 is 0. The van der Waals surface area contributed by atoms with Gasteiger partial charge in [0.05, 0.1) is 6.54 Å². The van der Waals surface area contributed by atoms with Crippen LogP contribution in [0.15, 0.2) is 42.5 Å². The summed E-state index contributed by atoms with van der Waals surface area (Å²) in [6.45, 7) is 13.8. The van der Waals surface area contributed by atoms with Gasteiger partial charge in [-0.1, -0.05) is 63.2 Å². The molecule has 0 unspecified atom stereocenters. The zero-order valence-electron chi connectivity index (χ0n) is 20.2. The molecule has 0 spiro atoms. The molecule has 1 N–H and O–H groups in total. The SMILES string of the molecule is Cc1cccc(C)c1NC(=O)CN1CCN(C(=O)CCc2ccc(C(C)(C)C)cc2)CC1. The molecule has 1 fully saturated rings. The zero-order chi connectivity index (χ0) is 23.3. The highest BCUT2D eigenvalue weighted by atomic mass is 16.2. The lowest BCUT2D eigenvalue weighted by Crippen LogP contribution is -2.50. The fourth-order valence-electron chi connectivity index (χ4n) is 4.13. The molecule has 0 aliphatic carbocycles. The molecule has 0 atom stereocenters. The summed E-state index contributed by atoms with van der Waals surface area (Å²) in [4.78, 5) is 29.2. The number of nitrogens with one attached hydrogen (secondary N) is 1. The number of hydrogen-bond acceptors (Lipinski definition) is 3. The van der Waals surface area contributed by atoms with Crippen molar-refractivity contribution in [2.45, 2.75) is 52.9 Å². The van der Waals surface area contributed by atoms with E-state index in [-0.39, 0.29) is 17.2 Å². The molecule has 1 aliphatic heterocycles. The number of benzene rings is 2. The Hall–Kier alpha value is -2.66. The number of carbonyl (C=O) groups excluding carboxylic acids is 2. The summed E-state index contributed by atoms with van der Waals surface area (Å²) in [6, 6.07) is 14.6. The van der Waals surface area contributed by atoms with Crippen LogP contribution in [0.3, 0.4) is 0 Å². The normalized spacial score (nSPS) is 15.0. The first-order valence-corrected chi connectivity index (χ1v) is 11.6. The smallest absolute Gasteiger partial charge is 0.238 e. The van der Waals surface area contributed by atoms with E-state index in [0.29, 0.717) is 26.1 Å². The van der Waals surface area contributed by atoms with E-state index in [1.54, 1.807) is 0 Å². The van der Waals surface area contributed by atoms with E-state index in [1.165, 1.54) is 11.1 Å². The van der Waals surface area contributed by atoms with Gasteiger partial charge < -0.3 is 10.2 Å². The molecule has 2 aromatic rings. The molecule has 1 heterocycles. The lowest BCUT2D eigenvalue weighted by atomic mass is 9.86. The van der Waals surface area contributed by atoms with Crippen LogP contribution in [0, 0.1) is 13.8 Å². The maximum Gasteiger partial charge on any atom is 0.238 e. The number of nitrogens with zero attached hydrogens (tertiary/aromatic N) is 2. The lowest BCUT2D eigenvalue weighted by Gasteiger charge is -2.34. The van der Waals surface area contributed by atoms with Crippen molar-refractivity contribution in [3.05, 3.63) is 64.7 Å². The number of anilines is 1. The van der Waals surface area contributed by atoms with Gasteiger partial charge in [0, 0.05) is 38.3 Å². The highest BCUT2D eigenvalue weighted by molar-refractivity contribution is 5.93. The van der Waals surface area contributed by atoms with Crippen molar-refractivity contribution in [3.63, 3.8) is 0 Å². The van der Waals surface area contributed by atoms with Crippen molar-refractivity contribution in [2.24, 2.45) is 0 Å².